The molecule has 0 aliphatic carbocycles. The quantitative estimate of drug-likeness (QED) is 0.0224. The van der Waals surface area contributed by atoms with Gasteiger partial charge in [0.2, 0.25) is 5.91 Å². The van der Waals surface area contributed by atoms with Crippen molar-refractivity contribution in [3.05, 3.63) is 107 Å². The Labute approximate surface area is 578 Å². The number of hydrogen-bond donors (Lipinski definition) is 1. The smallest absolute Gasteiger partial charge is 0.257 e. The third-order valence-corrected chi connectivity index (χ3v) is 15.8. The van der Waals surface area contributed by atoms with Crippen molar-refractivity contribution >= 4 is 59.6 Å². The molecule has 0 bridgehead atoms. The molecule has 1 unspecified atom stereocenters. The first-order chi connectivity index (χ1) is 48.5. The average Bonchev–Trinajstić information content (AvgIpc) is 1.31. The van der Waals surface area contributed by atoms with Gasteiger partial charge in [0.15, 0.2) is 23.0 Å². The Hall–Kier alpha value is -8.00. The van der Waals surface area contributed by atoms with Gasteiger partial charge in [-0.25, -0.2) is 0 Å². The zero-order valence-corrected chi connectivity index (χ0v) is 57.0. The largest absolute Gasteiger partial charge is 0.493 e. The van der Waals surface area contributed by atoms with E-state index in [1.54, 1.807) is 52.7 Å². The van der Waals surface area contributed by atoms with Gasteiger partial charge in [-0.15, -0.1) is 0 Å². The normalized spacial score (nSPS) is 16.2. The number of benzene rings is 3. The standard InChI is InChI=1S/C71H95N7O21/c1-52-36-57-46-73-61-43-65(63(84-3)41-59(61)70(82)77(57)48-52)97-50-55-38-54(39-56(40-55)51-98-66-44-62-60(42-64(66)85-4)71(83)78-49-53(2)37-58(78)47-74-62)45-75-99-35-34-96-33-32-95-31-30-94-29-28-93-27-26-92-25-24-91-23-22-90-21-20-89-19-18-88-17-16-87-15-14-86-13-11-72-67(79)8-6-5-7-12-76-68(80)9-10-69(76)81/h9-10,38-47,57-58H,1-2,5-8,11-37,48-51H2,3-4H3,(H,72,79)/b75-45+/t57-,58?/m0/s1. The van der Waals surface area contributed by atoms with E-state index < -0.39 is 0 Å². The van der Waals surface area contributed by atoms with Crippen LogP contribution in [0.1, 0.15) is 75.9 Å². The Morgan fingerprint density at radius 1 is 0.505 bits per heavy atom. The molecule has 5 aliphatic heterocycles. The van der Waals surface area contributed by atoms with Crippen LogP contribution in [0.2, 0.25) is 0 Å². The monoisotopic (exact) mass is 1380 g/mol. The zero-order chi connectivity index (χ0) is 69.7. The minimum atomic E-state index is -0.280. The number of unbranched alkanes of at least 4 members (excludes halogenated alkanes) is 2. The highest BCUT2D eigenvalue weighted by Crippen LogP contribution is 2.41. The average molecular weight is 1380 g/mol. The number of carbonyl (C=O) groups excluding carboxylic acids is 5. The highest BCUT2D eigenvalue weighted by Gasteiger charge is 2.36. The summed E-state index contributed by atoms with van der Waals surface area (Å²) in [6.45, 7) is 19.6. The van der Waals surface area contributed by atoms with E-state index in [1.165, 1.54) is 31.3 Å². The maximum absolute atomic E-state index is 13.6. The highest BCUT2D eigenvalue weighted by atomic mass is 16.6. The molecule has 2 saturated heterocycles. The maximum Gasteiger partial charge on any atom is 0.257 e. The molecular weight excluding hydrogens is 1290 g/mol. The van der Waals surface area contributed by atoms with Crippen LogP contribution in [0.15, 0.2) is 94.1 Å². The van der Waals surface area contributed by atoms with Gasteiger partial charge in [-0.3, -0.25) is 38.9 Å². The van der Waals surface area contributed by atoms with Gasteiger partial charge in [-0.05, 0) is 72.7 Å². The Kier molecular flexibility index (Phi) is 33.7. The molecule has 5 aliphatic rings. The number of imide groups is 1. The fraction of sp³-hybridized carbons (Fsp3) is 0.549. The zero-order valence-electron chi connectivity index (χ0n) is 57.0. The summed E-state index contributed by atoms with van der Waals surface area (Å²) in [6, 6.07) is 12.3. The van der Waals surface area contributed by atoms with E-state index in [4.69, 9.17) is 75.9 Å². The predicted octanol–water partition coefficient (Wildman–Crippen LogP) is 5.97. The number of ether oxygens (including phenoxy) is 15. The molecule has 5 amide bonds. The molecule has 28 nitrogen and oxygen atoms in total. The van der Waals surface area contributed by atoms with Gasteiger partial charge in [0.05, 0.1) is 200 Å². The van der Waals surface area contributed by atoms with E-state index in [2.05, 4.69) is 33.6 Å². The van der Waals surface area contributed by atoms with E-state index >= 15 is 0 Å². The molecule has 2 fully saturated rings. The van der Waals surface area contributed by atoms with Gasteiger partial charge in [-0.2, -0.15) is 0 Å². The summed E-state index contributed by atoms with van der Waals surface area (Å²) < 4.78 is 85.4. The molecule has 99 heavy (non-hydrogen) atoms. The fourth-order valence-electron chi connectivity index (χ4n) is 10.8. The highest BCUT2D eigenvalue weighted by molar-refractivity contribution is 6.13. The maximum atomic E-state index is 13.6. The van der Waals surface area contributed by atoms with Crippen molar-refractivity contribution in [2.45, 2.75) is 63.8 Å². The van der Waals surface area contributed by atoms with Crippen LogP contribution < -0.4 is 24.3 Å². The molecule has 5 heterocycles. The number of methoxy groups -OCH3 is 2. The van der Waals surface area contributed by atoms with Crippen LogP contribution in [-0.4, -0.2) is 267 Å². The lowest BCUT2D eigenvalue weighted by Crippen LogP contribution is -2.35. The van der Waals surface area contributed by atoms with Crippen molar-refractivity contribution in [1.82, 2.24) is 20.0 Å². The number of oxime groups is 1. The van der Waals surface area contributed by atoms with Crippen LogP contribution in [0.3, 0.4) is 0 Å². The SMILES string of the molecule is C=C1CC2C=Nc3cc(OCc4cc(/C=N/OCCOCCOCCOCCOCCOCCOCCOCCOCCOCCOCCOCCNC(=O)CCCCCN5C(=O)C=CC5=O)cc(COc5cc6c(cc5OC)C(=O)N5CC(=C)C[C@H]5C=N6)c4)c(OC)cc3C(=O)N2C1. The van der Waals surface area contributed by atoms with E-state index in [-0.39, 0.29) is 68.0 Å². The van der Waals surface area contributed by atoms with Gasteiger partial charge < -0.3 is 91.0 Å². The van der Waals surface area contributed by atoms with E-state index in [1.807, 2.05) is 18.2 Å². The molecule has 0 saturated carbocycles. The molecule has 3 aromatic rings. The van der Waals surface area contributed by atoms with Crippen molar-refractivity contribution in [2.24, 2.45) is 15.1 Å². The second-order valence-corrected chi connectivity index (χ2v) is 23.3. The van der Waals surface area contributed by atoms with Crippen LogP contribution in [0.4, 0.5) is 11.4 Å². The summed E-state index contributed by atoms with van der Waals surface area (Å²) in [5.41, 5.74) is 6.04. The molecule has 0 radical (unpaired) electrons. The van der Waals surface area contributed by atoms with Gasteiger partial charge in [-0.1, -0.05) is 35.9 Å². The van der Waals surface area contributed by atoms with Gasteiger partial charge in [0.1, 0.15) is 19.8 Å². The van der Waals surface area contributed by atoms with Gasteiger partial charge in [0.25, 0.3) is 23.6 Å². The topological polar surface area (TPSA) is 292 Å². The van der Waals surface area contributed by atoms with Crippen LogP contribution in [0.5, 0.6) is 23.0 Å². The van der Waals surface area contributed by atoms with Crippen LogP contribution in [0.25, 0.3) is 0 Å². The summed E-state index contributed by atoms with van der Waals surface area (Å²) in [7, 11) is 3.05. The van der Waals surface area contributed by atoms with E-state index in [9.17, 15) is 24.0 Å². The molecule has 2 atom stereocenters. The van der Waals surface area contributed by atoms with Crippen LogP contribution >= 0.6 is 0 Å². The number of fused-ring (bicyclic) bond motifs is 4. The van der Waals surface area contributed by atoms with Crippen LogP contribution in [0, 0.1) is 0 Å². The first kappa shape index (κ1) is 76.7. The molecular formula is C71H95N7O21. The van der Waals surface area contributed by atoms with Crippen molar-refractivity contribution in [1.29, 1.82) is 0 Å². The summed E-state index contributed by atoms with van der Waals surface area (Å²) in [4.78, 5) is 82.0. The molecule has 540 valence electrons. The lowest BCUT2D eigenvalue weighted by molar-refractivity contribution is -0.137. The third-order valence-electron chi connectivity index (χ3n) is 15.8. The minimum absolute atomic E-state index is 0.0542. The molecule has 1 N–H and O–H groups in total. The Bertz CT molecular complexity index is 3080. The first-order valence-corrected chi connectivity index (χ1v) is 33.6. The minimum Gasteiger partial charge on any atom is -0.493 e. The number of nitrogens with zero attached hydrogens (tertiary/aromatic N) is 6. The lowest BCUT2D eigenvalue weighted by atomic mass is 10.1. The summed E-state index contributed by atoms with van der Waals surface area (Å²) in [6.07, 6.45) is 11.5. The van der Waals surface area contributed by atoms with Gasteiger partial charge in [0, 0.05) is 69.3 Å². The molecule has 0 spiro atoms. The molecule has 8 rings (SSSR count). The predicted molar refractivity (Wildman–Crippen MR) is 364 cm³/mol. The van der Waals surface area contributed by atoms with Crippen molar-refractivity contribution < 1.29 is 99.9 Å². The summed E-state index contributed by atoms with van der Waals surface area (Å²) >= 11 is 0. The number of rotatable bonds is 52. The first-order valence-electron chi connectivity index (χ1n) is 33.6. The molecule has 0 aromatic heterocycles. The lowest BCUT2D eigenvalue weighted by Gasteiger charge is -2.20. The fourth-order valence-corrected chi connectivity index (χ4v) is 10.8. The second-order valence-electron chi connectivity index (χ2n) is 23.3. The summed E-state index contributed by atoms with van der Waals surface area (Å²) in [5, 5.41) is 7.04. The number of carbonyl (C=O) groups is 5. The van der Waals surface area contributed by atoms with Crippen molar-refractivity contribution in [3.63, 3.8) is 0 Å². The second kappa shape index (κ2) is 43.5. The number of amides is 5. The van der Waals surface area contributed by atoms with Crippen LogP contribution in [-0.2, 0) is 84.5 Å². The molecule has 28 heteroatoms. The number of nitrogens with one attached hydrogen (secondary N) is 1. The number of hydrogen-bond acceptors (Lipinski definition) is 24. The summed E-state index contributed by atoms with van der Waals surface area (Å²) in [5.74, 6) is 0.707. The van der Waals surface area contributed by atoms with Crippen molar-refractivity contribution in [2.75, 3.05) is 192 Å². The van der Waals surface area contributed by atoms with Crippen molar-refractivity contribution in [3.8, 4) is 23.0 Å². The Morgan fingerprint density at radius 3 is 1.30 bits per heavy atom. The number of aliphatic imine (C=N–C) groups is 2. The van der Waals surface area contributed by atoms with E-state index in [0.717, 1.165) is 28.7 Å². The Balaban J connectivity index is 0.595. The third kappa shape index (κ3) is 26.2. The molecule has 3 aromatic carbocycles. The van der Waals surface area contributed by atoms with E-state index in [0.29, 0.717) is 248 Å². The van der Waals surface area contributed by atoms with Gasteiger partial charge >= 0.3 is 0 Å². The Morgan fingerprint density at radius 2 is 0.899 bits per heavy atom.